The molecule has 0 saturated heterocycles. The van der Waals surface area contributed by atoms with Gasteiger partial charge in [0.15, 0.2) is 6.61 Å². The Morgan fingerprint density at radius 3 is 2.26 bits per heavy atom. The molecule has 0 spiro atoms. The van der Waals surface area contributed by atoms with Crippen LogP contribution < -0.4 is 15.0 Å². The van der Waals surface area contributed by atoms with E-state index >= 15 is 0 Å². The SMILES string of the molecule is COc1ccc(CCn2c(O)c(C(=O)COc3ccc(C(C)C)cc3)c(C)c(C#N)c2=O)cc1. The lowest BCUT2D eigenvalue weighted by Gasteiger charge is -2.16. The minimum absolute atomic E-state index is 0.0790. The lowest BCUT2D eigenvalue weighted by Crippen LogP contribution is -2.28. The summed E-state index contributed by atoms with van der Waals surface area (Å²) >= 11 is 0. The smallest absolute Gasteiger partial charge is 0.271 e. The second-order valence-electron chi connectivity index (χ2n) is 8.30. The Morgan fingerprint density at radius 1 is 1.09 bits per heavy atom. The summed E-state index contributed by atoms with van der Waals surface area (Å²) in [6.45, 7) is 5.42. The molecule has 7 nitrogen and oxygen atoms in total. The monoisotopic (exact) mass is 460 g/mol. The molecule has 7 heteroatoms. The Morgan fingerprint density at radius 2 is 1.71 bits per heavy atom. The zero-order valence-corrected chi connectivity index (χ0v) is 19.8. The first-order valence-corrected chi connectivity index (χ1v) is 11.0. The van der Waals surface area contributed by atoms with Gasteiger partial charge in [0, 0.05) is 6.54 Å². The molecule has 34 heavy (non-hydrogen) atoms. The van der Waals surface area contributed by atoms with Crippen molar-refractivity contribution in [3.05, 3.63) is 86.7 Å². The van der Waals surface area contributed by atoms with E-state index in [1.807, 2.05) is 30.3 Å². The standard InChI is InChI=1S/C27H28N2O5/c1-17(2)20-7-11-22(12-8-20)34-16-24(30)25-18(3)23(15-28)26(31)29(27(25)32)14-13-19-5-9-21(33-4)10-6-19/h5-12,17,32H,13-14,16H2,1-4H3. The predicted molar refractivity (Wildman–Crippen MR) is 129 cm³/mol. The van der Waals surface area contributed by atoms with Gasteiger partial charge in [0.25, 0.3) is 5.56 Å². The highest BCUT2D eigenvalue weighted by Gasteiger charge is 2.24. The van der Waals surface area contributed by atoms with E-state index in [4.69, 9.17) is 9.47 Å². The maximum atomic E-state index is 13.0. The molecule has 176 valence electrons. The molecule has 0 radical (unpaired) electrons. The summed E-state index contributed by atoms with van der Waals surface area (Å²) in [5, 5.41) is 20.4. The highest BCUT2D eigenvalue weighted by Crippen LogP contribution is 2.24. The zero-order chi connectivity index (χ0) is 24.8. The van der Waals surface area contributed by atoms with Gasteiger partial charge >= 0.3 is 0 Å². The second-order valence-corrected chi connectivity index (χ2v) is 8.30. The molecule has 0 aliphatic heterocycles. The first-order valence-electron chi connectivity index (χ1n) is 11.0. The van der Waals surface area contributed by atoms with E-state index in [9.17, 15) is 20.0 Å². The van der Waals surface area contributed by atoms with Crippen LogP contribution in [0.15, 0.2) is 53.3 Å². The normalized spacial score (nSPS) is 10.7. The number of carbonyl (C=O) groups excluding carboxylic acids is 1. The fourth-order valence-electron chi connectivity index (χ4n) is 3.70. The zero-order valence-electron chi connectivity index (χ0n) is 19.8. The third-order valence-corrected chi connectivity index (χ3v) is 5.78. The summed E-state index contributed by atoms with van der Waals surface area (Å²) < 4.78 is 11.8. The number of ketones is 1. The number of hydrogen-bond donors (Lipinski definition) is 1. The van der Waals surface area contributed by atoms with E-state index in [-0.39, 0.29) is 29.8 Å². The molecule has 0 bridgehead atoms. The Hall–Kier alpha value is -4.05. The summed E-state index contributed by atoms with van der Waals surface area (Å²) in [5.74, 6) is 0.621. The second kappa shape index (κ2) is 10.7. The number of ether oxygens (including phenoxy) is 2. The number of benzene rings is 2. The van der Waals surface area contributed by atoms with Gasteiger partial charge in [-0.3, -0.25) is 14.2 Å². The van der Waals surface area contributed by atoms with E-state index in [0.29, 0.717) is 23.8 Å². The van der Waals surface area contributed by atoms with Crippen molar-refractivity contribution >= 4 is 5.78 Å². The van der Waals surface area contributed by atoms with Gasteiger partial charge in [-0.15, -0.1) is 0 Å². The van der Waals surface area contributed by atoms with Crippen LogP contribution in [0.4, 0.5) is 0 Å². The Kier molecular flexibility index (Phi) is 7.75. The average Bonchev–Trinajstić information content (AvgIpc) is 2.83. The molecule has 1 aromatic heterocycles. The molecule has 3 aromatic rings. The highest BCUT2D eigenvalue weighted by atomic mass is 16.5. The van der Waals surface area contributed by atoms with Crippen LogP contribution in [0.25, 0.3) is 0 Å². The average molecular weight is 461 g/mol. The first kappa shape index (κ1) is 24.6. The molecule has 1 N–H and O–H groups in total. The fraction of sp³-hybridized carbons (Fsp3) is 0.296. The molecule has 0 aliphatic rings. The molecule has 2 aromatic carbocycles. The molecule has 0 unspecified atom stereocenters. The van der Waals surface area contributed by atoms with E-state index in [1.165, 1.54) is 6.92 Å². The quantitative estimate of drug-likeness (QED) is 0.476. The minimum Gasteiger partial charge on any atom is -0.497 e. The number of rotatable bonds is 9. The van der Waals surface area contributed by atoms with Crippen LogP contribution in [-0.4, -0.2) is 29.2 Å². The first-order chi connectivity index (χ1) is 16.3. The number of pyridine rings is 1. The predicted octanol–water partition coefficient (Wildman–Crippen LogP) is 4.37. The molecule has 0 amide bonds. The maximum absolute atomic E-state index is 13.0. The number of nitrogens with zero attached hydrogens (tertiary/aromatic N) is 2. The van der Waals surface area contributed by atoms with Crippen molar-refractivity contribution in [1.29, 1.82) is 5.26 Å². The summed E-state index contributed by atoms with van der Waals surface area (Å²) in [7, 11) is 1.57. The number of methoxy groups -OCH3 is 1. The Bertz CT molecular complexity index is 1270. The summed E-state index contributed by atoms with van der Waals surface area (Å²) in [6.07, 6.45) is 0.414. The van der Waals surface area contributed by atoms with E-state index in [0.717, 1.165) is 15.7 Å². The lowest BCUT2D eigenvalue weighted by atomic mass is 10.0. The molecule has 0 atom stereocenters. The number of hydrogen-bond acceptors (Lipinski definition) is 6. The van der Waals surface area contributed by atoms with Crippen LogP contribution in [0, 0.1) is 18.3 Å². The van der Waals surface area contributed by atoms with Crippen LogP contribution in [0.5, 0.6) is 17.4 Å². The molecule has 0 fully saturated rings. The van der Waals surface area contributed by atoms with Crippen molar-refractivity contribution in [2.24, 2.45) is 0 Å². The van der Waals surface area contributed by atoms with Gasteiger partial charge < -0.3 is 14.6 Å². The van der Waals surface area contributed by atoms with Crippen LogP contribution in [0.1, 0.15) is 52.4 Å². The van der Waals surface area contributed by atoms with Crippen molar-refractivity contribution in [2.45, 2.75) is 39.7 Å². The van der Waals surface area contributed by atoms with Gasteiger partial charge in [-0.05, 0) is 60.2 Å². The van der Waals surface area contributed by atoms with E-state index < -0.39 is 17.2 Å². The van der Waals surface area contributed by atoms with Gasteiger partial charge in [-0.1, -0.05) is 38.1 Å². The summed E-state index contributed by atoms with van der Waals surface area (Å²) in [4.78, 5) is 25.8. The number of Topliss-reactive ketones (excluding diaryl/α,β-unsaturated/α-hetero) is 1. The van der Waals surface area contributed by atoms with Gasteiger partial charge in [0.1, 0.15) is 23.1 Å². The summed E-state index contributed by atoms with van der Waals surface area (Å²) in [5.41, 5.74) is 1.33. The molecule has 1 heterocycles. The van der Waals surface area contributed by atoms with Gasteiger partial charge in [0.05, 0.1) is 12.7 Å². The third-order valence-electron chi connectivity index (χ3n) is 5.78. The minimum atomic E-state index is -0.632. The summed E-state index contributed by atoms with van der Waals surface area (Å²) in [6, 6.07) is 16.6. The topological polar surface area (TPSA) is 102 Å². The number of nitriles is 1. The van der Waals surface area contributed by atoms with Crippen LogP contribution in [-0.2, 0) is 13.0 Å². The Balaban J connectivity index is 1.85. The van der Waals surface area contributed by atoms with E-state index in [2.05, 4.69) is 13.8 Å². The lowest BCUT2D eigenvalue weighted by molar-refractivity contribution is 0.0916. The number of carbonyl (C=O) groups is 1. The van der Waals surface area contributed by atoms with Crippen LogP contribution in [0.3, 0.4) is 0 Å². The van der Waals surface area contributed by atoms with Gasteiger partial charge in [-0.2, -0.15) is 5.26 Å². The molecular formula is C27H28N2O5. The van der Waals surface area contributed by atoms with Crippen molar-refractivity contribution in [3.8, 4) is 23.4 Å². The maximum Gasteiger partial charge on any atom is 0.271 e. The molecular weight excluding hydrogens is 432 g/mol. The van der Waals surface area contributed by atoms with E-state index in [1.54, 1.807) is 31.4 Å². The Labute approximate surface area is 198 Å². The van der Waals surface area contributed by atoms with Crippen molar-refractivity contribution in [2.75, 3.05) is 13.7 Å². The number of aromatic hydroxyl groups is 1. The van der Waals surface area contributed by atoms with Gasteiger partial charge in [-0.25, -0.2) is 0 Å². The number of aromatic nitrogens is 1. The van der Waals surface area contributed by atoms with Crippen molar-refractivity contribution in [1.82, 2.24) is 4.57 Å². The molecule has 0 saturated carbocycles. The molecule has 3 rings (SSSR count). The van der Waals surface area contributed by atoms with Crippen molar-refractivity contribution in [3.63, 3.8) is 0 Å². The molecule has 0 aliphatic carbocycles. The fourth-order valence-corrected chi connectivity index (χ4v) is 3.70. The largest absolute Gasteiger partial charge is 0.497 e. The third kappa shape index (κ3) is 5.29. The van der Waals surface area contributed by atoms with Crippen LogP contribution in [0.2, 0.25) is 0 Å². The van der Waals surface area contributed by atoms with Crippen LogP contribution >= 0.6 is 0 Å². The van der Waals surface area contributed by atoms with Crippen molar-refractivity contribution < 1.29 is 19.4 Å². The number of aryl methyl sites for hydroxylation is 1. The van der Waals surface area contributed by atoms with Gasteiger partial charge in [0.2, 0.25) is 11.7 Å². The highest BCUT2D eigenvalue weighted by molar-refractivity contribution is 6.01.